The van der Waals surface area contributed by atoms with Crippen LogP contribution in [0.15, 0.2) is 18.3 Å². The highest BCUT2D eigenvalue weighted by atomic mass is 16.6. The van der Waals surface area contributed by atoms with Crippen LogP contribution >= 0.6 is 0 Å². The maximum absolute atomic E-state index is 11.4. The van der Waals surface area contributed by atoms with Gasteiger partial charge in [0.2, 0.25) is 0 Å². The molecule has 1 N–H and O–H groups in total. The van der Waals surface area contributed by atoms with E-state index in [2.05, 4.69) is 10.3 Å². The highest BCUT2D eigenvalue weighted by Gasteiger charge is 2.15. The molecule has 0 bridgehead atoms. The average molecular weight is 251 g/mol. The fourth-order valence-electron chi connectivity index (χ4n) is 1.27. The van der Waals surface area contributed by atoms with Crippen molar-refractivity contribution in [3.05, 3.63) is 23.9 Å². The van der Waals surface area contributed by atoms with E-state index in [1.807, 2.05) is 51.9 Å². The molecule has 0 saturated heterocycles. The number of aromatic nitrogens is 1. The summed E-state index contributed by atoms with van der Waals surface area (Å²) in [5.41, 5.74) is 0.461. The van der Waals surface area contributed by atoms with Gasteiger partial charge in [0.1, 0.15) is 11.4 Å². The van der Waals surface area contributed by atoms with Gasteiger partial charge < -0.3 is 15.0 Å². The van der Waals surface area contributed by atoms with Gasteiger partial charge >= 0.3 is 6.09 Å². The minimum atomic E-state index is -0.475. The molecular weight excluding hydrogens is 230 g/mol. The van der Waals surface area contributed by atoms with Crippen LogP contribution in [0.5, 0.6) is 0 Å². The third kappa shape index (κ3) is 5.03. The van der Waals surface area contributed by atoms with Crippen LogP contribution in [0.25, 0.3) is 0 Å². The topological polar surface area (TPSA) is 54.5 Å². The summed E-state index contributed by atoms with van der Waals surface area (Å²) in [6.07, 6.45) is 1.33. The number of carbonyl (C=O) groups is 1. The molecule has 0 aliphatic heterocycles. The first-order chi connectivity index (χ1) is 8.28. The van der Waals surface area contributed by atoms with Crippen LogP contribution in [0.2, 0.25) is 0 Å². The molecule has 0 fully saturated rings. The van der Waals surface area contributed by atoms with Crippen molar-refractivity contribution < 1.29 is 9.53 Å². The Bertz CT molecular complexity index is 394. The standard InChI is InChI=1S/C13H21N3O2/c1-13(2,3)18-12(17)15-9-10-6-7-11(14-8-10)16(4)5/h6-8H,9H2,1-5H3,(H,15,17). The number of ether oxygens (including phenoxy) is 1. The molecule has 0 aromatic carbocycles. The van der Waals surface area contributed by atoms with Crippen molar-refractivity contribution in [2.24, 2.45) is 0 Å². The van der Waals surface area contributed by atoms with Gasteiger partial charge in [-0.2, -0.15) is 0 Å². The molecule has 1 rings (SSSR count). The van der Waals surface area contributed by atoms with Crippen LogP contribution < -0.4 is 10.2 Å². The normalized spacial score (nSPS) is 10.9. The first-order valence-electron chi connectivity index (χ1n) is 5.87. The quantitative estimate of drug-likeness (QED) is 0.894. The molecular formula is C13H21N3O2. The Morgan fingerprint density at radius 1 is 1.39 bits per heavy atom. The average Bonchev–Trinajstić information content (AvgIpc) is 2.24. The lowest BCUT2D eigenvalue weighted by Crippen LogP contribution is -2.32. The second-order valence-corrected chi connectivity index (χ2v) is 5.27. The second kappa shape index (κ2) is 5.71. The molecule has 1 aromatic rings. The Morgan fingerprint density at radius 2 is 2.06 bits per heavy atom. The first-order valence-corrected chi connectivity index (χ1v) is 5.87. The summed E-state index contributed by atoms with van der Waals surface area (Å²) >= 11 is 0. The van der Waals surface area contributed by atoms with Gasteiger partial charge in [0.25, 0.3) is 0 Å². The number of pyridine rings is 1. The van der Waals surface area contributed by atoms with Crippen LogP contribution in [-0.2, 0) is 11.3 Å². The molecule has 0 aliphatic carbocycles. The minimum absolute atomic E-state index is 0.412. The van der Waals surface area contributed by atoms with E-state index in [0.717, 1.165) is 11.4 Å². The van der Waals surface area contributed by atoms with E-state index in [-0.39, 0.29) is 0 Å². The summed E-state index contributed by atoms with van der Waals surface area (Å²) in [6.45, 7) is 5.91. The Kier molecular flexibility index (Phi) is 4.53. The van der Waals surface area contributed by atoms with Gasteiger partial charge in [-0.1, -0.05) is 6.07 Å². The van der Waals surface area contributed by atoms with Crippen molar-refractivity contribution in [3.8, 4) is 0 Å². The zero-order chi connectivity index (χ0) is 13.8. The van der Waals surface area contributed by atoms with E-state index in [0.29, 0.717) is 6.54 Å². The molecule has 0 unspecified atom stereocenters. The molecule has 0 radical (unpaired) electrons. The van der Waals surface area contributed by atoms with E-state index >= 15 is 0 Å². The third-order valence-corrected chi connectivity index (χ3v) is 2.10. The number of hydrogen-bond donors (Lipinski definition) is 1. The Morgan fingerprint density at radius 3 is 2.50 bits per heavy atom. The molecule has 0 aliphatic rings. The summed E-state index contributed by atoms with van der Waals surface area (Å²) < 4.78 is 5.14. The van der Waals surface area contributed by atoms with Gasteiger partial charge in [0.05, 0.1) is 0 Å². The fourth-order valence-corrected chi connectivity index (χ4v) is 1.27. The lowest BCUT2D eigenvalue weighted by molar-refractivity contribution is 0.0523. The predicted molar refractivity (Wildman–Crippen MR) is 71.6 cm³/mol. The van der Waals surface area contributed by atoms with Crippen LogP contribution in [0.4, 0.5) is 10.6 Å². The number of nitrogens with one attached hydrogen (secondary N) is 1. The van der Waals surface area contributed by atoms with Gasteiger partial charge in [-0.3, -0.25) is 0 Å². The largest absolute Gasteiger partial charge is 0.444 e. The number of anilines is 1. The van der Waals surface area contributed by atoms with Crippen LogP contribution in [0.1, 0.15) is 26.3 Å². The molecule has 0 spiro atoms. The highest BCUT2D eigenvalue weighted by Crippen LogP contribution is 2.09. The lowest BCUT2D eigenvalue weighted by atomic mass is 10.2. The zero-order valence-corrected chi connectivity index (χ0v) is 11.7. The number of nitrogens with zero attached hydrogens (tertiary/aromatic N) is 2. The summed E-state index contributed by atoms with van der Waals surface area (Å²) in [5, 5.41) is 2.69. The number of amides is 1. The highest BCUT2D eigenvalue weighted by molar-refractivity contribution is 5.67. The fraction of sp³-hybridized carbons (Fsp3) is 0.538. The number of hydrogen-bond acceptors (Lipinski definition) is 4. The third-order valence-electron chi connectivity index (χ3n) is 2.10. The maximum atomic E-state index is 11.4. The summed E-state index contributed by atoms with van der Waals surface area (Å²) in [7, 11) is 3.86. The van der Waals surface area contributed by atoms with Crippen LogP contribution in [0.3, 0.4) is 0 Å². The monoisotopic (exact) mass is 251 g/mol. The molecule has 5 heteroatoms. The predicted octanol–water partition coefficient (Wildman–Crippen LogP) is 2.17. The molecule has 0 saturated carbocycles. The van der Waals surface area contributed by atoms with E-state index in [9.17, 15) is 4.79 Å². The number of carbonyl (C=O) groups excluding carboxylic acids is 1. The number of rotatable bonds is 3. The first kappa shape index (κ1) is 14.3. The summed E-state index contributed by atoms with van der Waals surface area (Å²) in [5.74, 6) is 0.885. The van der Waals surface area contributed by atoms with Gasteiger partial charge in [-0.05, 0) is 32.4 Å². The maximum Gasteiger partial charge on any atom is 0.407 e. The summed E-state index contributed by atoms with van der Waals surface area (Å²) in [4.78, 5) is 17.6. The Labute approximate surface area is 108 Å². The van der Waals surface area contributed by atoms with Gasteiger partial charge in [0.15, 0.2) is 0 Å². The smallest absolute Gasteiger partial charge is 0.407 e. The molecule has 1 amide bonds. The van der Waals surface area contributed by atoms with E-state index in [1.54, 1.807) is 6.20 Å². The number of alkyl carbamates (subject to hydrolysis) is 1. The molecule has 1 heterocycles. The van der Waals surface area contributed by atoms with Crippen LogP contribution in [0, 0.1) is 0 Å². The van der Waals surface area contributed by atoms with E-state index < -0.39 is 11.7 Å². The lowest BCUT2D eigenvalue weighted by Gasteiger charge is -2.19. The molecule has 5 nitrogen and oxygen atoms in total. The van der Waals surface area contributed by atoms with Gasteiger partial charge in [-0.25, -0.2) is 9.78 Å². The van der Waals surface area contributed by atoms with Crippen molar-refractivity contribution in [1.82, 2.24) is 10.3 Å². The van der Waals surface area contributed by atoms with E-state index in [1.165, 1.54) is 0 Å². The summed E-state index contributed by atoms with van der Waals surface area (Å²) in [6, 6.07) is 3.84. The minimum Gasteiger partial charge on any atom is -0.444 e. The van der Waals surface area contributed by atoms with Crippen molar-refractivity contribution in [3.63, 3.8) is 0 Å². The van der Waals surface area contributed by atoms with Crippen molar-refractivity contribution in [1.29, 1.82) is 0 Å². The molecule has 0 atom stereocenters. The second-order valence-electron chi connectivity index (χ2n) is 5.27. The van der Waals surface area contributed by atoms with Gasteiger partial charge in [0, 0.05) is 26.8 Å². The molecule has 1 aromatic heterocycles. The van der Waals surface area contributed by atoms with Crippen molar-refractivity contribution in [2.45, 2.75) is 32.9 Å². The van der Waals surface area contributed by atoms with Crippen molar-refractivity contribution >= 4 is 11.9 Å². The molecule has 100 valence electrons. The van der Waals surface area contributed by atoms with Crippen LogP contribution in [-0.4, -0.2) is 30.8 Å². The van der Waals surface area contributed by atoms with E-state index in [4.69, 9.17) is 4.74 Å². The SMILES string of the molecule is CN(C)c1ccc(CNC(=O)OC(C)(C)C)cn1. The Hall–Kier alpha value is -1.78. The van der Waals surface area contributed by atoms with Crippen molar-refractivity contribution in [2.75, 3.05) is 19.0 Å². The Balaban J connectivity index is 2.46. The molecule has 18 heavy (non-hydrogen) atoms. The van der Waals surface area contributed by atoms with Gasteiger partial charge in [-0.15, -0.1) is 0 Å². The zero-order valence-electron chi connectivity index (χ0n) is 11.7.